The summed E-state index contributed by atoms with van der Waals surface area (Å²) >= 11 is 0. The fourth-order valence-electron chi connectivity index (χ4n) is 3.02. The molecule has 0 N–H and O–H groups in total. The van der Waals surface area contributed by atoms with Crippen LogP contribution in [0.1, 0.15) is 15.9 Å². The lowest BCUT2D eigenvalue weighted by Crippen LogP contribution is -2.51. The highest BCUT2D eigenvalue weighted by Crippen LogP contribution is 2.13. The molecule has 2 aromatic carbocycles. The Morgan fingerprint density at radius 3 is 2.04 bits per heavy atom. The van der Waals surface area contributed by atoms with Crippen molar-refractivity contribution in [2.45, 2.75) is 11.3 Å². The van der Waals surface area contributed by atoms with Crippen molar-refractivity contribution in [3.8, 4) is 0 Å². The zero-order valence-electron chi connectivity index (χ0n) is 15.1. The third-order valence-corrected chi connectivity index (χ3v) is 5.56. The minimum absolute atomic E-state index is 0.0246. The van der Waals surface area contributed by atoms with E-state index in [9.17, 15) is 18.2 Å². The van der Waals surface area contributed by atoms with Crippen LogP contribution >= 0.6 is 0 Å². The lowest BCUT2D eigenvalue weighted by molar-refractivity contribution is -0.131. The van der Waals surface area contributed by atoms with E-state index in [-0.39, 0.29) is 24.1 Å². The van der Waals surface area contributed by atoms with E-state index < -0.39 is 10.8 Å². The first-order valence-electron chi connectivity index (χ1n) is 8.69. The highest BCUT2D eigenvalue weighted by atomic mass is 32.2. The van der Waals surface area contributed by atoms with Gasteiger partial charge in [-0.25, -0.2) is 4.39 Å². The molecule has 0 radical (unpaired) electrons. The number of rotatable bonds is 4. The molecule has 1 aliphatic heterocycles. The van der Waals surface area contributed by atoms with E-state index in [1.807, 2.05) is 0 Å². The second-order valence-electron chi connectivity index (χ2n) is 6.45. The van der Waals surface area contributed by atoms with Crippen LogP contribution in [0.15, 0.2) is 53.4 Å². The minimum Gasteiger partial charge on any atom is -0.339 e. The number of halogens is 1. The highest BCUT2D eigenvalue weighted by molar-refractivity contribution is 7.84. The van der Waals surface area contributed by atoms with Crippen molar-refractivity contribution in [2.24, 2.45) is 0 Å². The molecule has 1 fully saturated rings. The molecule has 142 valence electrons. The molecule has 1 heterocycles. The molecular weight excluding hydrogens is 367 g/mol. The standard InChI is InChI=1S/C20H21FN2O3S/c1-27(26)18-8-4-16(5-9-18)20(25)23-12-10-22(11-13-23)19(24)14-15-2-6-17(21)7-3-15/h2-9H,10-14H2,1H3. The van der Waals surface area contributed by atoms with Crippen molar-refractivity contribution in [3.63, 3.8) is 0 Å². The minimum atomic E-state index is -1.07. The van der Waals surface area contributed by atoms with Gasteiger partial charge in [-0.3, -0.25) is 13.8 Å². The third-order valence-electron chi connectivity index (χ3n) is 4.62. The summed E-state index contributed by atoms with van der Waals surface area (Å²) in [6.07, 6.45) is 1.82. The zero-order chi connectivity index (χ0) is 19.4. The van der Waals surface area contributed by atoms with E-state index >= 15 is 0 Å². The average molecular weight is 388 g/mol. The Morgan fingerprint density at radius 2 is 1.48 bits per heavy atom. The molecule has 5 nitrogen and oxygen atoms in total. The van der Waals surface area contributed by atoms with Crippen molar-refractivity contribution in [1.29, 1.82) is 0 Å². The first-order chi connectivity index (χ1) is 12.9. The summed E-state index contributed by atoms with van der Waals surface area (Å²) in [5.74, 6) is -0.436. The Hall–Kier alpha value is -2.54. The number of carbonyl (C=O) groups is 2. The smallest absolute Gasteiger partial charge is 0.253 e. The largest absolute Gasteiger partial charge is 0.339 e. The normalized spacial score (nSPS) is 15.5. The van der Waals surface area contributed by atoms with Crippen LogP contribution in [0.25, 0.3) is 0 Å². The van der Waals surface area contributed by atoms with E-state index in [1.54, 1.807) is 52.5 Å². The van der Waals surface area contributed by atoms with Crippen LogP contribution in [0, 0.1) is 5.82 Å². The molecule has 1 aliphatic rings. The van der Waals surface area contributed by atoms with Crippen molar-refractivity contribution < 1.29 is 18.2 Å². The van der Waals surface area contributed by atoms with Crippen molar-refractivity contribution in [2.75, 3.05) is 32.4 Å². The summed E-state index contributed by atoms with van der Waals surface area (Å²) in [5, 5.41) is 0. The van der Waals surface area contributed by atoms with Gasteiger partial charge in [0.15, 0.2) is 0 Å². The van der Waals surface area contributed by atoms with Crippen LogP contribution < -0.4 is 0 Å². The zero-order valence-corrected chi connectivity index (χ0v) is 15.9. The lowest BCUT2D eigenvalue weighted by atomic mass is 10.1. The van der Waals surface area contributed by atoms with E-state index in [1.165, 1.54) is 12.1 Å². The molecule has 0 spiro atoms. The molecule has 1 atom stereocenters. The maximum absolute atomic E-state index is 13.0. The average Bonchev–Trinajstić information content (AvgIpc) is 2.69. The molecular formula is C20H21FN2O3S. The van der Waals surface area contributed by atoms with Gasteiger partial charge >= 0.3 is 0 Å². The molecule has 1 saturated heterocycles. The first kappa shape index (κ1) is 19.2. The lowest BCUT2D eigenvalue weighted by Gasteiger charge is -2.35. The van der Waals surface area contributed by atoms with Gasteiger partial charge in [0.25, 0.3) is 5.91 Å². The number of piperazine rings is 1. The molecule has 0 aromatic heterocycles. The van der Waals surface area contributed by atoms with Gasteiger partial charge < -0.3 is 9.80 Å². The first-order valence-corrected chi connectivity index (χ1v) is 10.2. The van der Waals surface area contributed by atoms with Gasteiger partial charge in [-0.1, -0.05) is 12.1 Å². The molecule has 2 aromatic rings. The van der Waals surface area contributed by atoms with Gasteiger partial charge in [0.1, 0.15) is 5.82 Å². The number of amides is 2. The fraction of sp³-hybridized carbons (Fsp3) is 0.300. The summed E-state index contributed by atoms with van der Waals surface area (Å²) in [5.41, 5.74) is 1.32. The number of hydrogen-bond acceptors (Lipinski definition) is 3. The van der Waals surface area contributed by atoms with Crippen LogP contribution in [-0.2, 0) is 22.0 Å². The molecule has 0 bridgehead atoms. The summed E-state index contributed by atoms with van der Waals surface area (Å²) in [4.78, 5) is 29.1. The molecule has 1 unspecified atom stereocenters. The van der Waals surface area contributed by atoms with Crippen molar-refractivity contribution >= 4 is 22.6 Å². The van der Waals surface area contributed by atoms with Crippen molar-refractivity contribution in [1.82, 2.24) is 9.80 Å². The number of nitrogens with zero attached hydrogens (tertiary/aromatic N) is 2. The van der Waals surface area contributed by atoms with Crippen LogP contribution in [0.3, 0.4) is 0 Å². The van der Waals surface area contributed by atoms with E-state index in [0.29, 0.717) is 36.6 Å². The number of hydrogen-bond donors (Lipinski definition) is 0. The van der Waals surface area contributed by atoms with Gasteiger partial charge in [0.2, 0.25) is 5.91 Å². The van der Waals surface area contributed by atoms with Crippen LogP contribution in [0.5, 0.6) is 0 Å². The second kappa shape index (κ2) is 8.43. The maximum atomic E-state index is 13.0. The van der Waals surface area contributed by atoms with Gasteiger partial charge in [-0.15, -0.1) is 0 Å². The number of benzene rings is 2. The van der Waals surface area contributed by atoms with Gasteiger partial charge in [-0.05, 0) is 42.0 Å². The molecule has 7 heteroatoms. The predicted octanol–water partition coefficient (Wildman–Crippen LogP) is 2.09. The molecule has 2 amide bonds. The maximum Gasteiger partial charge on any atom is 0.253 e. The molecule has 27 heavy (non-hydrogen) atoms. The van der Waals surface area contributed by atoms with Gasteiger partial charge in [-0.2, -0.15) is 0 Å². The Labute approximate surface area is 160 Å². The van der Waals surface area contributed by atoms with E-state index in [2.05, 4.69) is 0 Å². The van der Waals surface area contributed by atoms with Crippen LogP contribution in [0.2, 0.25) is 0 Å². The van der Waals surface area contributed by atoms with E-state index in [4.69, 9.17) is 0 Å². The summed E-state index contributed by atoms with van der Waals surface area (Å²) in [6.45, 7) is 1.89. The Balaban J connectivity index is 1.54. The van der Waals surface area contributed by atoms with Crippen LogP contribution in [-0.4, -0.2) is 58.3 Å². The number of carbonyl (C=O) groups excluding carboxylic acids is 2. The van der Waals surface area contributed by atoms with Crippen LogP contribution in [0.4, 0.5) is 4.39 Å². The summed E-state index contributed by atoms with van der Waals surface area (Å²) < 4.78 is 24.4. The quantitative estimate of drug-likeness (QED) is 0.806. The van der Waals surface area contributed by atoms with E-state index in [0.717, 1.165) is 5.56 Å². The topological polar surface area (TPSA) is 57.7 Å². The summed E-state index contributed by atoms with van der Waals surface area (Å²) in [6, 6.07) is 12.7. The predicted molar refractivity (Wildman–Crippen MR) is 101 cm³/mol. The molecule has 0 saturated carbocycles. The monoisotopic (exact) mass is 388 g/mol. The molecule has 3 rings (SSSR count). The Bertz CT molecular complexity index is 845. The Kier molecular flexibility index (Phi) is 6.01. The SMILES string of the molecule is CS(=O)c1ccc(C(=O)N2CCN(C(=O)Cc3ccc(F)cc3)CC2)cc1. The Morgan fingerprint density at radius 1 is 0.926 bits per heavy atom. The summed E-state index contributed by atoms with van der Waals surface area (Å²) in [7, 11) is -1.07. The van der Waals surface area contributed by atoms with Crippen molar-refractivity contribution in [3.05, 3.63) is 65.5 Å². The van der Waals surface area contributed by atoms with Gasteiger partial charge in [0.05, 0.1) is 6.42 Å². The second-order valence-corrected chi connectivity index (χ2v) is 7.83. The van der Waals surface area contributed by atoms with Gasteiger partial charge in [0, 0.05) is 53.7 Å². The molecule has 0 aliphatic carbocycles. The third kappa shape index (κ3) is 4.80. The highest BCUT2D eigenvalue weighted by Gasteiger charge is 2.24. The fourth-order valence-corrected chi connectivity index (χ4v) is 3.54.